The largest absolute Gasteiger partial charge is 0.479 e. The summed E-state index contributed by atoms with van der Waals surface area (Å²) >= 11 is 0. The Morgan fingerprint density at radius 1 is 1.30 bits per heavy atom. The number of benzene rings is 1. The molecule has 154 valence electrons. The zero-order valence-corrected chi connectivity index (χ0v) is 16.8. The van der Waals surface area contributed by atoms with Gasteiger partial charge in [-0.1, -0.05) is 5.16 Å². The van der Waals surface area contributed by atoms with Crippen LogP contribution in [0.3, 0.4) is 0 Å². The van der Waals surface area contributed by atoms with Crippen molar-refractivity contribution in [3.05, 3.63) is 65.4 Å². The van der Waals surface area contributed by atoms with Crippen LogP contribution in [-0.4, -0.2) is 23.1 Å². The minimum Gasteiger partial charge on any atom is -0.479 e. The van der Waals surface area contributed by atoms with E-state index in [1.807, 2.05) is 13.8 Å². The maximum Gasteiger partial charge on any atom is 0.268 e. The van der Waals surface area contributed by atoms with Gasteiger partial charge < -0.3 is 23.9 Å². The van der Waals surface area contributed by atoms with Crippen LogP contribution in [0.25, 0.3) is 6.08 Å². The van der Waals surface area contributed by atoms with Crippen LogP contribution < -0.4 is 15.0 Å². The molecule has 1 N–H and O–H groups in total. The van der Waals surface area contributed by atoms with E-state index in [2.05, 4.69) is 10.5 Å². The van der Waals surface area contributed by atoms with Gasteiger partial charge in [0.1, 0.15) is 17.3 Å². The fraction of sp³-hybridized carbons (Fsp3) is 0.227. The first-order valence-electron chi connectivity index (χ1n) is 9.49. The third-order valence-corrected chi connectivity index (χ3v) is 4.87. The molecule has 1 aliphatic heterocycles. The summed E-state index contributed by atoms with van der Waals surface area (Å²) in [6.45, 7) is 5.66. The molecule has 8 nitrogen and oxygen atoms in total. The van der Waals surface area contributed by atoms with Crippen molar-refractivity contribution < 1.29 is 23.3 Å². The third kappa shape index (κ3) is 3.84. The highest BCUT2D eigenvalue weighted by molar-refractivity contribution is 6.04. The summed E-state index contributed by atoms with van der Waals surface area (Å²) in [5.74, 6) is 1.31. The van der Waals surface area contributed by atoms with Gasteiger partial charge in [0.2, 0.25) is 5.91 Å². The van der Waals surface area contributed by atoms with Gasteiger partial charge in [0.05, 0.1) is 24.2 Å². The van der Waals surface area contributed by atoms with Crippen LogP contribution in [0.15, 0.2) is 51.6 Å². The number of carbonyl (C=O) groups is 2. The molecule has 2 amide bonds. The van der Waals surface area contributed by atoms with Gasteiger partial charge in [-0.3, -0.25) is 9.59 Å². The first-order valence-corrected chi connectivity index (χ1v) is 9.49. The van der Waals surface area contributed by atoms with E-state index in [1.165, 1.54) is 12.3 Å². The second-order valence-electron chi connectivity index (χ2n) is 7.01. The molecule has 2 aromatic heterocycles. The van der Waals surface area contributed by atoms with Gasteiger partial charge >= 0.3 is 0 Å². The Hall–Kier alpha value is -3.81. The number of nitrogens with zero attached hydrogens (tertiary/aromatic N) is 2. The minimum absolute atomic E-state index is 0.177. The molecule has 1 aliphatic rings. The van der Waals surface area contributed by atoms with Crippen molar-refractivity contribution in [3.63, 3.8) is 0 Å². The molecule has 0 radical (unpaired) electrons. The number of amides is 2. The van der Waals surface area contributed by atoms with Crippen LogP contribution in [0.1, 0.15) is 29.7 Å². The van der Waals surface area contributed by atoms with Gasteiger partial charge in [0.25, 0.3) is 5.91 Å². The summed E-state index contributed by atoms with van der Waals surface area (Å²) in [7, 11) is 0. The SMILES string of the molecule is Cc1noc(C)c1CN1C(=O)C(C)Oc2ccc(NC(=O)/C=C/c3ccco3)cc21. The molecule has 3 aromatic rings. The smallest absolute Gasteiger partial charge is 0.268 e. The molecule has 0 bridgehead atoms. The highest BCUT2D eigenvalue weighted by Crippen LogP contribution is 2.37. The lowest BCUT2D eigenvalue weighted by atomic mass is 10.1. The van der Waals surface area contributed by atoms with Gasteiger partial charge in [-0.25, -0.2) is 0 Å². The summed E-state index contributed by atoms with van der Waals surface area (Å²) in [5, 5.41) is 6.75. The Bertz CT molecular complexity index is 1090. The van der Waals surface area contributed by atoms with Crippen LogP contribution in [0, 0.1) is 13.8 Å². The van der Waals surface area contributed by atoms with Gasteiger partial charge in [-0.15, -0.1) is 0 Å². The lowest BCUT2D eigenvalue weighted by Crippen LogP contribution is -2.44. The highest BCUT2D eigenvalue weighted by Gasteiger charge is 2.33. The molecule has 3 heterocycles. The number of carbonyl (C=O) groups excluding carboxylic acids is 2. The second-order valence-corrected chi connectivity index (χ2v) is 7.01. The van der Waals surface area contributed by atoms with Gasteiger partial charge in [-0.05, 0) is 57.2 Å². The summed E-state index contributed by atoms with van der Waals surface area (Å²) in [6.07, 6.45) is 3.87. The van der Waals surface area contributed by atoms with E-state index in [0.717, 1.165) is 11.3 Å². The van der Waals surface area contributed by atoms with Gasteiger partial charge in [0, 0.05) is 17.3 Å². The van der Waals surface area contributed by atoms with E-state index in [1.54, 1.807) is 48.2 Å². The molecule has 1 aromatic carbocycles. The van der Waals surface area contributed by atoms with Crippen LogP contribution in [0.5, 0.6) is 5.75 Å². The van der Waals surface area contributed by atoms with Crippen molar-refractivity contribution in [2.75, 3.05) is 10.2 Å². The predicted octanol–water partition coefficient (Wildman–Crippen LogP) is 3.85. The summed E-state index contributed by atoms with van der Waals surface area (Å²) < 4.78 is 16.1. The Morgan fingerprint density at radius 2 is 2.13 bits per heavy atom. The zero-order valence-electron chi connectivity index (χ0n) is 16.8. The molecular formula is C22H21N3O5. The van der Waals surface area contributed by atoms with E-state index in [4.69, 9.17) is 13.7 Å². The number of rotatable bonds is 5. The average Bonchev–Trinajstić information content (AvgIpc) is 3.35. The van der Waals surface area contributed by atoms with Crippen molar-refractivity contribution >= 4 is 29.3 Å². The number of hydrogen-bond acceptors (Lipinski definition) is 6. The molecule has 1 unspecified atom stereocenters. The Labute approximate surface area is 173 Å². The number of aryl methyl sites for hydroxylation is 2. The monoisotopic (exact) mass is 407 g/mol. The van der Waals surface area contributed by atoms with Crippen LogP contribution >= 0.6 is 0 Å². The number of ether oxygens (including phenoxy) is 1. The van der Waals surface area contributed by atoms with E-state index in [-0.39, 0.29) is 11.8 Å². The van der Waals surface area contributed by atoms with Crippen molar-refractivity contribution in [1.29, 1.82) is 0 Å². The van der Waals surface area contributed by atoms with Crippen LogP contribution in [-0.2, 0) is 16.1 Å². The third-order valence-electron chi connectivity index (χ3n) is 4.87. The maximum absolute atomic E-state index is 12.8. The average molecular weight is 407 g/mol. The topological polar surface area (TPSA) is 97.8 Å². The van der Waals surface area contributed by atoms with Gasteiger partial charge in [-0.2, -0.15) is 0 Å². The Kier molecular flexibility index (Phi) is 5.14. The Balaban J connectivity index is 1.59. The predicted molar refractivity (Wildman–Crippen MR) is 110 cm³/mol. The fourth-order valence-corrected chi connectivity index (χ4v) is 3.26. The summed E-state index contributed by atoms with van der Waals surface area (Å²) in [5.41, 5.74) is 2.69. The molecule has 4 rings (SSSR count). The first-order chi connectivity index (χ1) is 14.4. The number of anilines is 2. The fourth-order valence-electron chi connectivity index (χ4n) is 3.26. The molecular weight excluding hydrogens is 386 g/mol. The molecule has 0 aliphatic carbocycles. The number of furan rings is 1. The van der Waals surface area contributed by atoms with Crippen molar-refractivity contribution in [1.82, 2.24) is 5.16 Å². The molecule has 0 spiro atoms. The summed E-state index contributed by atoms with van der Waals surface area (Å²) in [6, 6.07) is 8.68. The summed E-state index contributed by atoms with van der Waals surface area (Å²) in [4.78, 5) is 26.7. The highest BCUT2D eigenvalue weighted by atomic mass is 16.5. The number of nitrogens with one attached hydrogen (secondary N) is 1. The normalized spacial score (nSPS) is 15.9. The standard InChI is InChI=1S/C22H21N3O5/c1-13-18(14(2)30-24-13)12-25-19-11-16(6-8-20(19)29-15(3)22(25)27)23-21(26)9-7-17-5-4-10-28-17/h4-11,15H,12H2,1-3H3,(H,23,26)/b9-7+. The molecule has 1 atom stereocenters. The van der Waals surface area contributed by atoms with Crippen LogP contribution in [0.4, 0.5) is 11.4 Å². The molecule has 0 saturated carbocycles. The van der Waals surface area contributed by atoms with E-state index < -0.39 is 6.10 Å². The van der Waals surface area contributed by atoms with E-state index in [0.29, 0.717) is 35.2 Å². The van der Waals surface area contributed by atoms with Crippen molar-refractivity contribution in [2.24, 2.45) is 0 Å². The second kappa shape index (κ2) is 7.90. The Morgan fingerprint density at radius 3 is 2.83 bits per heavy atom. The van der Waals surface area contributed by atoms with Crippen LogP contribution in [0.2, 0.25) is 0 Å². The number of hydrogen-bond donors (Lipinski definition) is 1. The maximum atomic E-state index is 12.8. The zero-order chi connectivity index (χ0) is 21.3. The van der Waals surface area contributed by atoms with Crippen molar-refractivity contribution in [2.45, 2.75) is 33.4 Å². The van der Waals surface area contributed by atoms with E-state index >= 15 is 0 Å². The van der Waals surface area contributed by atoms with E-state index in [9.17, 15) is 9.59 Å². The number of fused-ring (bicyclic) bond motifs is 1. The van der Waals surface area contributed by atoms with Crippen molar-refractivity contribution in [3.8, 4) is 5.75 Å². The molecule has 0 fully saturated rings. The quantitative estimate of drug-likeness (QED) is 0.645. The first kappa shape index (κ1) is 19.5. The molecule has 8 heteroatoms. The minimum atomic E-state index is -0.616. The molecule has 30 heavy (non-hydrogen) atoms. The lowest BCUT2D eigenvalue weighted by Gasteiger charge is -2.33. The lowest BCUT2D eigenvalue weighted by molar-refractivity contribution is -0.125. The number of aromatic nitrogens is 1. The molecule has 0 saturated heterocycles. The van der Waals surface area contributed by atoms with Gasteiger partial charge in [0.15, 0.2) is 6.10 Å².